The molecular weight excluding hydrogens is 408 g/mol. The topological polar surface area (TPSA) is 58.1 Å². The summed E-state index contributed by atoms with van der Waals surface area (Å²) in [6.07, 6.45) is 8.04. The molecule has 0 radical (unpaired) electrons. The van der Waals surface area contributed by atoms with E-state index in [1.165, 1.54) is 5.56 Å². The van der Waals surface area contributed by atoms with Gasteiger partial charge in [0.25, 0.3) is 0 Å². The van der Waals surface area contributed by atoms with Crippen molar-refractivity contribution >= 4 is 17.7 Å². The Morgan fingerprint density at radius 3 is 2.61 bits per heavy atom. The minimum absolute atomic E-state index is 0.258. The molecule has 0 amide bonds. The number of likely N-dealkylation sites (tertiary alicyclic amines) is 1. The maximum Gasteiger partial charge on any atom is 0.191 e. The number of nitrogens with zero attached hydrogens (tertiary/aromatic N) is 2. The molecule has 2 aliphatic heterocycles. The molecule has 0 aliphatic carbocycles. The van der Waals surface area contributed by atoms with Crippen LogP contribution in [0, 0.1) is 0 Å². The van der Waals surface area contributed by atoms with Crippen LogP contribution in [-0.2, 0) is 16.0 Å². The van der Waals surface area contributed by atoms with Crippen LogP contribution in [0.25, 0.3) is 0 Å². The monoisotopic (exact) mass is 448 g/mol. The Morgan fingerprint density at radius 1 is 1.19 bits per heavy atom. The van der Waals surface area contributed by atoms with Crippen molar-refractivity contribution in [3.8, 4) is 0 Å². The molecule has 1 aromatic carbocycles. The number of aliphatic imine (C=N–C) groups is 1. The maximum absolute atomic E-state index is 6.14. The minimum atomic E-state index is 0.258. The van der Waals surface area contributed by atoms with Gasteiger partial charge in [0.15, 0.2) is 5.96 Å². The first-order valence-electron chi connectivity index (χ1n) is 11.7. The minimum Gasteiger partial charge on any atom is -0.381 e. The number of hydrogen-bond donors (Lipinski definition) is 2. The number of nitrogens with one attached hydrogen (secondary N) is 2. The quantitative estimate of drug-likeness (QED) is 0.326. The van der Waals surface area contributed by atoms with Crippen molar-refractivity contribution in [1.29, 1.82) is 0 Å². The van der Waals surface area contributed by atoms with E-state index in [9.17, 15) is 0 Å². The number of ether oxygens (including phenoxy) is 2. The standard InChI is InChI=1S/C24H40N4O2S/c1-25-23(27-20-24(31-2)11-17-29-18-12-24)26-13-6-16-30-22-9-14-28(15-10-22)19-21-7-4-3-5-8-21/h3-5,7-8,22H,6,9-20H2,1-2H3,(H2,25,26,27). The highest BCUT2D eigenvalue weighted by molar-refractivity contribution is 8.00. The average molecular weight is 449 g/mol. The molecule has 1 aromatic rings. The third kappa shape index (κ3) is 8.29. The van der Waals surface area contributed by atoms with Gasteiger partial charge in [0, 0.05) is 64.3 Å². The second kappa shape index (κ2) is 13.3. The molecule has 0 aromatic heterocycles. The third-order valence-electron chi connectivity index (χ3n) is 6.39. The van der Waals surface area contributed by atoms with Crippen LogP contribution in [0.5, 0.6) is 0 Å². The summed E-state index contributed by atoms with van der Waals surface area (Å²) >= 11 is 1.95. The predicted octanol–water partition coefficient (Wildman–Crippen LogP) is 3.13. The van der Waals surface area contributed by atoms with Crippen molar-refractivity contribution in [2.24, 2.45) is 4.99 Å². The summed E-state index contributed by atoms with van der Waals surface area (Å²) in [5, 5.41) is 6.94. The van der Waals surface area contributed by atoms with Gasteiger partial charge in [-0.1, -0.05) is 30.3 Å². The van der Waals surface area contributed by atoms with Crippen LogP contribution in [0.3, 0.4) is 0 Å². The van der Waals surface area contributed by atoms with Crippen LogP contribution in [0.15, 0.2) is 35.3 Å². The zero-order chi connectivity index (χ0) is 21.8. The highest BCUT2D eigenvalue weighted by Crippen LogP contribution is 2.32. The van der Waals surface area contributed by atoms with Crippen LogP contribution in [0.1, 0.15) is 37.7 Å². The van der Waals surface area contributed by atoms with Crippen LogP contribution < -0.4 is 10.6 Å². The van der Waals surface area contributed by atoms with E-state index in [0.29, 0.717) is 6.10 Å². The van der Waals surface area contributed by atoms with Crippen molar-refractivity contribution in [2.75, 3.05) is 59.3 Å². The van der Waals surface area contributed by atoms with Crippen molar-refractivity contribution in [3.63, 3.8) is 0 Å². The molecule has 0 unspecified atom stereocenters. The molecule has 2 N–H and O–H groups in total. The van der Waals surface area contributed by atoms with Gasteiger partial charge in [0.2, 0.25) is 0 Å². The molecule has 2 aliphatic rings. The van der Waals surface area contributed by atoms with E-state index in [1.54, 1.807) is 0 Å². The maximum atomic E-state index is 6.14. The SMILES string of the molecule is CN=C(NCCCOC1CCN(Cc2ccccc2)CC1)NCC1(SC)CCOCC1. The van der Waals surface area contributed by atoms with Crippen LogP contribution in [0.2, 0.25) is 0 Å². The lowest BCUT2D eigenvalue weighted by atomic mass is 9.99. The Balaban J connectivity index is 1.24. The zero-order valence-corrected chi connectivity index (χ0v) is 20.1. The van der Waals surface area contributed by atoms with Crippen LogP contribution in [-0.4, -0.2) is 81.0 Å². The molecule has 2 fully saturated rings. The van der Waals surface area contributed by atoms with Crippen molar-refractivity contribution in [1.82, 2.24) is 15.5 Å². The zero-order valence-electron chi connectivity index (χ0n) is 19.3. The molecule has 2 heterocycles. The van der Waals surface area contributed by atoms with Crippen molar-refractivity contribution < 1.29 is 9.47 Å². The molecule has 0 atom stereocenters. The van der Waals surface area contributed by atoms with Crippen molar-refractivity contribution in [2.45, 2.75) is 49.5 Å². The number of benzene rings is 1. The van der Waals surface area contributed by atoms with Gasteiger partial charge in [-0.25, -0.2) is 0 Å². The third-order valence-corrected chi connectivity index (χ3v) is 7.81. The van der Waals surface area contributed by atoms with Gasteiger partial charge < -0.3 is 20.1 Å². The summed E-state index contributed by atoms with van der Waals surface area (Å²) in [5.41, 5.74) is 1.40. The fraction of sp³-hybridized carbons (Fsp3) is 0.708. The largest absolute Gasteiger partial charge is 0.381 e. The lowest BCUT2D eigenvalue weighted by Crippen LogP contribution is -2.48. The van der Waals surface area contributed by atoms with Crippen LogP contribution in [0.4, 0.5) is 0 Å². The first kappa shape index (κ1) is 24.4. The summed E-state index contributed by atoms with van der Waals surface area (Å²) < 4.78 is 11.9. The Morgan fingerprint density at radius 2 is 1.94 bits per heavy atom. The van der Waals surface area contributed by atoms with Gasteiger partial charge in [0.1, 0.15) is 0 Å². The van der Waals surface area contributed by atoms with E-state index in [4.69, 9.17) is 9.47 Å². The summed E-state index contributed by atoms with van der Waals surface area (Å²) in [4.78, 5) is 6.91. The molecule has 31 heavy (non-hydrogen) atoms. The summed E-state index contributed by atoms with van der Waals surface area (Å²) in [5.74, 6) is 0.883. The molecular formula is C24H40N4O2S. The number of hydrogen-bond acceptors (Lipinski definition) is 5. The van der Waals surface area contributed by atoms with Gasteiger partial charge in [-0.3, -0.25) is 9.89 Å². The van der Waals surface area contributed by atoms with E-state index < -0.39 is 0 Å². The van der Waals surface area contributed by atoms with Gasteiger partial charge in [-0.05, 0) is 43.9 Å². The Labute approximate surface area is 192 Å². The molecule has 3 rings (SSSR count). The van der Waals surface area contributed by atoms with E-state index >= 15 is 0 Å². The second-order valence-corrected chi connectivity index (χ2v) is 9.81. The van der Waals surface area contributed by atoms with Crippen molar-refractivity contribution in [3.05, 3.63) is 35.9 Å². The Bertz CT molecular complexity index is 644. The predicted molar refractivity (Wildman–Crippen MR) is 131 cm³/mol. The Kier molecular flexibility index (Phi) is 10.5. The lowest BCUT2D eigenvalue weighted by molar-refractivity contribution is 0.00534. The molecule has 174 valence electrons. The van der Waals surface area contributed by atoms with Crippen LogP contribution >= 0.6 is 11.8 Å². The summed E-state index contributed by atoms with van der Waals surface area (Å²) in [7, 11) is 1.84. The number of piperidine rings is 1. The second-order valence-electron chi connectivity index (χ2n) is 8.54. The molecule has 0 spiro atoms. The number of thioether (sulfide) groups is 1. The van der Waals surface area contributed by atoms with Gasteiger partial charge >= 0.3 is 0 Å². The molecule has 0 saturated carbocycles. The fourth-order valence-corrected chi connectivity index (χ4v) is 5.06. The van der Waals surface area contributed by atoms with E-state index in [1.807, 2.05) is 18.8 Å². The first-order chi connectivity index (χ1) is 15.2. The molecule has 2 saturated heterocycles. The van der Waals surface area contributed by atoms with Gasteiger partial charge in [-0.2, -0.15) is 11.8 Å². The van der Waals surface area contributed by atoms with E-state index in [-0.39, 0.29) is 4.75 Å². The molecule has 6 nitrogen and oxygen atoms in total. The normalized spacial score (nSPS) is 20.5. The summed E-state index contributed by atoms with van der Waals surface area (Å²) in [6, 6.07) is 10.7. The molecule has 0 bridgehead atoms. The van der Waals surface area contributed by atoms with Gasteiger partial charge in [0.05, 0.1) is 6.10 Å². The lowest BCUT2D eigenvalue weighted by Gasteiger charge is -2.36. The number of rotatable bonds is 10. The Hall–Kier alpha value is -1.28. The summed E-state index contributed by atoms with van der Waals surface area (Å²) in [6.45, 7) is 7.62. The number of guanidine groups is 1. The highest BCUT2D eigenvalue weighted by atomic mass is 32.2. The van der Waals surface area contributed by atoms with E-state index in [0.717, 1.165) is 90.6 Å². The average Bonchev–Trinajstić information content (AvgIpc) is 2.83. The highest BCUT2D eigenvalue weighted by Gasteiger charge is 2.31. The first-order valence-corrected chi connectivity index (χ1v) is 12.9. The fourth-order valence-electron chi connectivity index (χ4n) is 4.27. The molecule has 7 heteroatoms. The smallest absolute Gasteiger partial charge is 0.191 e. The van der Waals surface area contributed by atoms with Gasteiger partial charge in [-0.15, -0.1) is 0 Å². The van der Waals surface area contributed by atoms with E-state index in [2.05, 4.69) is 57.1 Å².